The number of halogens is 14. The summed E-state index contributed by atoms with van der Waals surface area (Å²) in [6.45, 7) is 0. The third-order valence-electron chi connectivity index (χ3n) is 4.78. The second kappa shape index (κ2) is 25.2. The number of rotatable bonds is 2. The fraction of sp³-hybridized carbons (Fsp3) is 0. The van der Waals surface area contributed by atoms with Crippen LogP contribution in [-0.2, 0) is 38.5 Å². The second-order valence-corrected chi connectivity index (χ2v) is 15.1. The molecule has 0 aliphatic carbocycles. The summed E-state index contributed by atoms with van der Waals surface area (Å²) in [4.78, 5) is 3.50. The largest absolute Gasteiger partial charge is 0 e. The fourth-order valence-electron chi connectivity index (χ4n) is 3.02. The van der Waals surface area contributed by atoms with Gasteiger partial charge in [-0.3, -0.25) is 0 Å². The van der Waals surface area contributed by atoms with Crippen LogP contribution in [-0.4, -0.2) is 103 Å². The molecule has 0 aromatic heterocycles. The molecular weight excluding hydrogens is 1240 g/mol. The van der Waals surface area contributed by atoms with Crippen molar-refractivity contribution in [1.29, 1.82) is 0 Å². The van der Waals surface area contributed by atoms with Gasteiger partial charge >= 0.3 is 54.3 Å². The molecule has 1 aliphatic heterocycles. The predicted octanol–water partition coefficient (Wildman–Crippen LogP) is 14.5. The average molecular weight is 1250 g/mol. The second-order valence-electron chi connectivity index (χ2n) is 7.59. The van der Waals surface area contributed by atoms with Crippen molar-refractivity contribution in [3.8, 4) is 0 Å². The molecule has 2 nitrogen and oxygen atoms in total. The van der Waals surface area contributed by atoms with E-state index in [1.807, 2.05) is 12.1 Å². The van der Waals surface area contributed by atoms with Gasteiger partial charge in [0, 0.05) is 128 Å². The van der Waals surface area contributed by atoms with Crippen LogP contribution in [0.15, 0.2) is 68.1 Å². The first-order valence-electron chi connectivity index (χ1n) is 10.7. The minimum absolute atomic E-state index is 0. The molecule has 3 N–H and O–H groups in total. The number of fused-ring (bicyclic) bond motifs is 2. The summed E-state index contributed by atoms with van der Waals surface area (Å²) in [6.07, 6.45) is 0. The summed E-state index contributed by atoms with van der Waals surface area (Å²) in [7, 11) is 0. The minimum atomic E-state index is -5.03. The van der Waals surface area contributed by atoms with Gasteiger partial charge in [-0.15, -0.1) is 0 Å². The molecule has 0 amide bonds. The topological polar surface area (TPSA) is 38.0 Å². The SMILES string of the molecule is Clc1cc2c(cc1Cl)Sc1cc(Cl)c(Cl)cc1N2.Nc1cc(Cl)c(Cl)cc1Sc1cc(Cl)c(Cl)cc1Cl.[F][W]([F])[F].[F][W][F].[K].[K]. The molecule has 46 heavy (non-hydrogen) atoms. The van der Waals surface area contributed by atoms with Gasteiger partial charge in [0.05, 0.1) is 56.6 Å². The maximum atomic E-state index is 9.86. The van der Waals surface area contributed by atoms with Crippen LogP contribution >= 0.6 is 128 Å². The van der Waals surface area contributed by atoms with Crippen LogP contribution in [0, 0.1) is 0 Å². The van der Waals surface area contributed by atoms with Crippen LogP contribution in [0.1, 0.15) is 0 Å². The van der Waals surface area contributed by atoms with Crippen molar-refractivity contribution >= 4 is 248 Å². The molecule has 4 aromatic carbocycles. The Bertz CT molecular complexity index is 1470. The number of nitrogen functional groups attached to an aromatic ring is 1. The van der Waals surface area contributed by atoms with Crippen molar-refractivity contribution in [2.24, 2.45) is 0 Å². The number of nitrogens with two attached hydrogens (primary N) is 1. The van der Waals surface area contributed by atoms with E-state index in [2.05, 4.69) is 5.32 Å². The van der Waals surface area contributed by atoms with Gasteiger partial charge in [-0.05, 0) is 48.5 Å². The summed E-state index contributed by atoms with van der Waals surface area (Å²) in [5, 5.41) is 7.53. The molecule has 0 atom stereocenters. The first-order chi connectivity index (χ1) is 20.6. The van der Waals surface area contributed by atoms with Crippen molar-refractivity contribution in [1.82, 2.24) is 0 Å². The minimum Gasteiger partial charge on any atom is 0 e. The normalized spacial score (nSPS) is 10.6. The van der Waals surface area contributed by atoms with Gasteiger partial charge in [-0.25, -0.2) is 0 Å². The van der Waals surface area contributed by atoms with Gasteiger partial charge in [0.15, 0.2) is 0 Å². The van der Waals surface area contributed by atoms with Crippen molar-refractivity contribution < 1.29 is 54.3 Å². The molecule has 241 valence electrons. The molecular formula is C24H11Cl9F5K2N2S2W2. The smallest absolute Gasteiger partial charge is 0 e. The first kappa shape index (κ1) is 50.1. The van der Waals surface area contributed by atoms with E-state index in [-0.39, 0.29) is 103 Å². The molecule has 0 fully saturated rings. The maximum absolute atomic E-state index is 9.86. The Morgan fingerprint density at radius 1 is 0.565 bits per heavy atom. The molecule has 22 heteroatoms. The van der Waals surface area contributed by atoms with E-state index in [0.29, 0.717) is 50.9 Å². The van der Waals surface area contributed by atoms with Crippen LogP contribution in [0.3, 0.4) is 0 Å². The van der Waals surface area contributed by atoms with Crippen molar-refractivity contribution in [2.75, 3.05) is 11.1 Å². The van der Waals surface area contributed by atoms with Crippen molar-refractivity contribution in [3.63, 3.8) is 0 Å². The van der Waals surface area contributed by atoms with E-state index in [0.717, 1.165) is 31.0 Å². The van der Waals surface area contributed by atoms with E-state index in [1.165, 1.54) is 11.8 Å². The Hall–Kier alpha value is 4.09. The molecule has 2 radical (unpaired) electrons. The third-order valence-corrected chi connectivity index (χ3v) is 10.3. The Morgan fingerprint density at radius 2 is 0.891 bits per heavy atom. The van der Waals surface area contributed by atoms with E-state index >= 15 is 0 Å². The molecule has 4 aromatic rings. The molecule has 0 saturated carbocycles. The van der Waals surface area contributed by atoms with Gasteiger partial charge in [0.1, 0.15) is 0 Å². The summed E-state index contributed by atoms with van der Waals surface area (Å²) in [5.74, 6) is 0. The Balaban J connectivity index is 0.000000708. The van der Waals surface area contributed by atoms with Gasteiger partial charge in [-0.2, -0.15) is 0 Å². The zero-order chi connectivity index (χ0) is 33.3. The number of anilines is 3. The van der Waals surface area contributed by atoms with Crippen molar-refractivity contribution in [2.45, 2.75) is 19.6 Å². The maximum Gasteiger partial charge on any atom is 0 e. The molecule has 1 aliphatic rings. The van der Waals surface area contributed by atoms with Gasteiger partial charge in [0.2, 0.25) is 0 Å². The molecule has 0 saturated heterocycles. The predicted molar refractivity (Wildman–Crippen MR) is 184 cm³/mol. The summed E-state index contributed by atoms with van der Waals surface area (Å²) >= 11 is 49.0. The number of nitrogens with one attached hydrogen (secondary N) is 1. The standard InChI is InChI=1S/C12H6Cl5NS.C12H5Cl4NS.5FH.2K.2W/c13-5-1-9(17)11(3-7(5)15)19-12-4-8(16)6(14)2-10(12)18;13-5-1-9-11(3-7(5)15)18-12-4-8(16)6(14)2-10(12)17-9;;;;;;;;;/h1-4H,18H2;1-4,17H;5*1H;;;;/q;;;;;;;;;+2;+3/p-5. The Labute approximate surface area is 417 Å². The van der Waals surface area contributed by atoms with E-state index in [1.54, 1.807) is 48.2 Å². The van der Waals surface area contributed by atoms with Crippen molar-refractivity contribution in [3.05, 3.63) is 93.7 Å². The van der Waals surface area contributed by atoms with Gasteiger partial charge in [-0.1, -0.05) is 128 Å². The molecule has 5 rings (SSSR count). The van der Waals surface area contributed by atoms with Crippen LogP contribution < -0.4 is 11.1 Å². The Kier molecular flexibility index (Phi) is 27.5. The average Bonchev–Trinajstić information content (AvgIpc) is 2.91. The quantitative estimate of drug-likeness (QED) is 0.0800. The Morgan fingerprint density at radius 3 is 1.33 bits per heavy atom. The zero-order valence-electron chi connectivity index (χ0n) is 22.6. The van der Waals surface area contributed by atoms with Crippen LogP contribution in [0.25, 0.3) is 0 Å². The number of benzene rings is 4. The summed E-state index contributed by atoms with van der Waals surface area (Å²) < 4.78 is 49.2. The van der Waals surface area contributed by atoms with Crippen LogP contribution in [0.5, 0.6) is 0 Å². The monoisotopic (exact) mass is 1250 g/mol. The van der Waals surface area contributed by atoms with E-state index in [9.17, 15) is 15.8 Å². The number of hydrogen-bond acceptors (Lipinski definition) is 4. The molecule has 1 heterocycles. The first-order valence-corrected chi connectivity index (χ1v) is 21.3. The van der Waals surface area contributed by atoms with Crippen LogP contribution in [0.4, 0.5) is 32.9 Å². The van der Waals surface area contributed by atoms with E-state index in [4.69, 9.17) is 110 Å². The summed E-state index contributed by atoms with van der Waals surface area (Å²) in [5.41, 5.74) is 8.24. The zero-order valence-corrected chi connectivity index (χ0v) is 43.2. The van der Waals surface area contributed by atoms with Gasteiger partial charge in [0.25, 0.3) is 0 Å². The third kappa shape index (κ3) is 16.6. The molecule has 0 bridgehead atoms. The van der Waals surface area contributed by atoms with E-state index < -0.39 is 38.5 Å². The molecule has 0 spiro atoms. The number of hydrogen-bond donors (Lipinski definition) is 2. The molecule has 0 unspecified atom stereocenters. The van der Waals surface area contributed by atoms with Gasteiger partial charge < -0.3 is 11.1 Å². The summed E-state index contributed by atoms with van der Waals surface area (Å²) in [6, 6.07) is 13.8. The fourth-order valence-corrected chi connectivity index (χ4v) is 6.88. The van der Waals surface area contributed by atoms with Crippen LogP contribution in [0.2, 0.25) is 45.2 Å².